The van der Waals surface area contributed by atoms with E-state index in [9.17, 15) is 9.59 Å². The van der Waals surface area contributed by atoms with Crippen molar-refractivity contribution in [1.82, 2.24) is 10.1 Å². The molecule has 6 nitrogen and oxygen atoms in total. The first-order chi connectivity index (χ1) is 11.6. The van der Waals surface area contributed by atoms with E-state index >= 15 is 0 Å². The third-order valence-electron chi connectivity index (χ3n) is 4.58. The number of nitrogens with one attached hydrogen (secondary N) is 1. The highest BCUT2D eigenvalue weighted by molar-refractivity contribution is 6.02. The highest BCUT2D eigenvalue weighted by Crippen LogP contribution is 2.33. The summed E-state index contributed by atoms with van der Waals surface area (Å²) < 4.78 is 4.93. The van der Waals surface area contributed by atoms with Gasteiger partial charge in [0.05, 0.1) is 0 Å². The molecule has 24 heavy (non-hydrogen) atoms. The molecule has 0 radical (unpaired) electrons. The lowest BCUT2D eigenvalue weighted by atomic mass is 9.98. The Bertz CT molecular complexity index is 808. The van der Waals surface area contributed by atoms with Crippen LogP contribution in [0.25, 0.3) is 0 Å². The van der Waals surface area contributed by atoms with Gasteiger partial charge in [0.2, 0.25) is 5.91 Å². The number of fused-ring (bicyclic) bond motifs is 1. The fraction of sp³-hybridized carbons (Fsp3) is 0.389. The Kier molecular flexibility index (Phi) is 3.59. The van der Waals surface area contributed by atoms with E-state index in [1.165, 1.54) is 5.56 Å². The average Bonchev–Trinajstić information content (AvgIpc) is 3.34. The minimum atomic E-state index is -0.298. The summed E-state index contributed by atoms with van der Waals surface area (Å²) in [6, 6.07) is 7.47. The Morgan fingerprint density at radius 2 is 2.08 bits per heavy atom. The Morgan fingerprint density at radius 1 is 1.25 bits per heavy atom. The first-order valence-corrected chi connectivity index (χ1v) is 8.25. The number of rotatable bonds is 3. The van der Waals surface area contributed by atoms with E-state index in [-0.39, 0.29) is 23.4 Å². The van der Waals surface area contributed by atoms with Crippen LogP contribution in [0.3, 0.4) is 0 Å². The molecule has 2 amide bonds. The lowest BCUT2D eigenvalue weighted by Gasteiger charge is -2.29. The average molecular weight is 325 g/mol. The highest BCUT2D eigenvalue weighted by atomic mass is 16.5. The fourth-order valence-corrected chi connectivity index (χ4v) is 3.08. The molecule has 1 saturated carbocycles. The van der Waals surface area contributed by atoms with E-state index in [2.05, 4.69) is 10.5 Å². The third kappa shape index (κ3) is 2.91. The van der Waals surface area contributed by atoms with Gasteiger partial charge in [-0.3, -0.25) is 9.59 Å². The van der Waals surface area contributed by atoms with E-state index in [0.29, 0.717) is 18.0 Å². The third-order valence-corrected chi connectivity index (χ3v) is 4.58. The molecular weight excluding hydrogens is 306 g/mol. The van der Waals surface area contributed by atoms with Crippen LogP contribution >= 0.6 is 0 Å². The number of aromatic nitrogens is 1. The van der Waals surface area contributed by atoms with Crippen LogP contribution in [-0.2, 0) is 17.8 Å². The van der Waals surface area contributed by atoms with E-state index in [0.717, 1.165) is 31.4 Å². The van der Waals surface area contributed by atoms with E-state index in [1.807, 2.05) is 23.1 Å². The Balaban J connectivity index is 1.49. The minimum absolute atomic E-state index is 0.241. The van der Waals surface area contributed by atoms with Crippen LogP contribution in [0.15, 0.2) is 28.8 Å². The van der Waals surface area contributed by atoms with Crippen LogP contribution < -0.4 is 5.32 Å². The molecule has 0 unspecified atom stereocenters. The van der Waals surface area contributed by atoms with Gasteiger partial charge in [0.15, 0.2) is 5.69 Å². The summed E-state index contributed by atoms with van der Waals surface area (Å²) in [4.78, 5) is 26.4. The van der Waals surface area contributed by atoms with Gasteiger partial charge >= 0.3 is 0 Å². The smallest absolute Gasteiger partial charge is 0.277 e. The van der Waals surface area contributed by atoms with Crippen LogP contribution in [0.4, 0.5) is 5.69 Å². The van der Waals surface area contributed by atoms with E-state index < -0.39 is 0 Å². The lowest BCUT2D eigenvalue weighted by molar-refractivity contribution is -0.133. The van der Waals surface area contributed by atoms with Crippen LogP contribution in [0.1, 0.15) is 40.2 Å². The van der Waals surface area contributed by atoms with Gasteiger partial charge < -0.3 is 14.7 Å². The lowest BCUT2D eigenvalue weighted by Crippen LogP contribution is -2.36. The van der Waals surface area contributed by atoms with E-state index in [1.54, 1.807) is 13.0 Å². The van der Waals surface area contributed by atoms with Crippen molar-refractivity contribution < 1.29 is 14.1 Å². The van der Waals surface area contributed by atoms with Crippen molar-refractivity contribution in [3.8, 4) is 0 Å². The monoisotopic (exact) mass is 325 g/mol. The number of amides is 2. The maximum absolute atomic E-state index is 12.3. The van der Waals surface area contributed by atoms with Gasteiger partial charge in [0.1, 0.15) is 5.76 Å². The molecule has 0 bridgehead atoms. The number of hydrogen-bond acceptors (Lipinski definition) is 4. The summed E-state index contributed by atoms with van der Waals surface area (Å²) in [7, 11) is 0. The Hall–Kier alpha value is -2.63. The first kappa shape index (κ1) is 14.9. The predicted molar refractivity (Wildman–Crippen MR) is 87.5 cm³/mol. The molecule has 6 heteroatoms. The summed E-state index contributed by atoms with van der Waals surface area (Å²) >= 11 is 0. The van der Waals surface area contributed by atoms with Gasteiger partial charge in [-0.05, 0) is 49.4 Å². The largest absolute Gasteiger partial charge is 0.361 e. The SMILES string of the molecule is Cc1cc(C(=O)Nc2ccc3c(c2)CN(C(=O)C2CC2)CC3)no1. The molecule has 0 saturated heterocycles. The minimum Gasteiger partial charge on any atom is -0.361 e. The number of carbonyl (C=O) groups is 2. The molecule has 124 valence electrons. The van der Waals surface area contributed by atoms with Gasteiger partial charge in [0.25, 0.3) is 5.91 Å². The number of nitrogens with zero attached hydrogens (tertiary/aromatic N) is 2. The molecule has 1 aliphatic carbocycles. The van der Waals surface area contributed by atoms with E-state index in [4.69, 9.17) is 4.52 Å². The standard InChI is InChI=1S/C18H19N3O3/c1-11-8-16(20-24-11)17(22)19-15-5-4-12-6-7-21(10-14(12)9-15)18(23)13-2-3-13/h4-5,8-9,13H,2-3,6-7,10H2,1H3,(H,19,22). The molecule has 2 heterocycles. The zero-order valence-corrected chi connectivity index (χ0v) is 13.5. The second-order valence-corrected chi connectivity index (χ2v) is 6.54. The van der Waals surface area contributed by atoms with Gasteiger partial charge in [-0.1, -0.05) is 11.2 Å². The molecule has 2 aromatic rings. The topological polar surface area (TPSA) is 75.4 Å². The summed E-state index contributed by atoms with van der Waals surface area (Å²) in [6.45, 7) is 3.15. The summed E-state index contributed by atoms with van der Waals surface area (Å²) in [6.07, 6.45) is 2.91. The molecule has 4 rings (SSSR count). The molecule has 1 aromatic heterocycles. The normalized spacial score (nSPS) is 16.6. The maximum Gasteiger partial charge on any atom is 0.277 e. The second-order valence-electron chi connectivity index (χ2n) is 6.54. The number of carbonyl (C=O) groups excluding carboxylic acids is 2. The number of aryl methyl sites for hydroxylation is 1. The molecule has 1 aliphatic heterocycles. The number of hydrogen-bond donors (Lipinski definition) is 1. The fourth-order valence-electron chi connectivity index (χ4n) is 3.08. The number of anilines is 1. The summed E-state index contributed by atoms with van der Waals surface area (Å²) in [5, 5.41) is 6.56. The van der Waals surface area contributed by atoms with Crippen molar-refractivity contribution in [2.24, 2.45) is 5.92 Å². The van der Waals surface area contributed by atoms with Crippen molar-refractivity contribution in [2.45, 2.75) is 32.7 Å². The molecule has 0 atom stereocenters. The van der Waals surface area contributed by atoms with Crippen LogP contribution in [0.5, 0.6) is 0 Å². The van der Waals surface area contributed by atoms with Crippen molar-refractivity contribution >= 4 is 17.5 Å². The van der Waals surface area contributed by atoms with Crippen LogP contribution in [0, 0.1) is 12.8 Å². The zero-order chi connectivity index (χ0) is 16.7. The predicted octanol–water partition coefficient (Wildman–Crippen LogP) is 2.53. The molecular formula is C18H19N3O3. The Labute approximate surface area is 139 Å². The second kappa shape index (κ2) is 5.78. The van der Waals surface area contributed by atoms with Gasteiger partial charge in [-0.25, -0.2) is 0 Å². The summed E-state index contributed by atoms with van der Waals surface area (Å²) in [5.41, 5.74) is 3.31. The molecule has 2 aliphatic rings. The molecule has 1 aromatic carbocycles. The highest BCUT2D eigenvalue weighted by Gasteiger charge is 2.34. The van der Waals surface area contributed by atoms with Gasteiger partial charge in [-0.15, -0.1) is 0 Å². The number of benzene rings is 1. The van der Waals surface area contributed by atoms with Gasteiger partial charge in [0, 0.05) is 30.8 Å². The molecule has 1 N–H and O–H groups in total. The summed E-state index contributed by atoms with van der Waals surface area (Å²) in [5.74, 6) is 0.811. The first-order valence-electron chi connectivity index (χ1n) is 8.25. The zero-order valence-electron chi connectivity index (χ0n) is 13.5. The van der Waals surface area contributed by atoms with Crippen LogP contribution in [-0.4, -0.2) is 28.4 Å². The molecule has 0 spiro atoms. The van der Waals surface area contributed by atoms with Crippen molar-refractivity contribution in [1.29, 1.82) is 0 Å². The van der Waals surface area contributed by atoms with Crippen molar-refractivity contribution in [2.75, 3.05) is 11.9 Å². The van der Waals surface area contributed by atoms with Crippen LogP contribution in [0.2, 0.25) is 0 Å². The van der Waals surface area contributed by atoms with Crippen molar-refractivity contribution in [3.05, 3.63) is 46.8 Å². The Morgan fingerprint density at radius 3 is 2.79 bits per heavy atom. The molecule has 1 fully saturated rings. The quantitative estimate of drug-likeness (QED) is 0.941. The maximum atomic E-state index is 12.3. The van der Waals surface area contributed by atoms with Gasteiger partial charge in [-0.2, -0.15) is 0 Å². The van der Waals surface area contributed by atoms with Crippen molar-refractivity contribution in [3.63, 3.8) is 0 Å².